The van der Waals surface area contributed by atoms with Crippen molar-refractivity contribution >= 4 is 46.3 Å². The molecule has 11 heteroatoms. The predicted octanol–water partition coefficient (Wildman–Crippen LogP) is 6.34. The van der Waals surface area contributed by atoms with Gasteiger partial charge in [-0.2, -0.15) is 13.2 Å². The molecule has 1 amide bonds. The van der Waals surface area contributed by atoms with Gasteiger partial charge in [0, 0.05) is 33.1 Å². The molecule has 5 nitrogen and oxygen atoms in total. The highest BCUT2D eigenvalue weighted by atomic mass is 35.5. The molecule has 2 unspecified atom stereocenters. The lowest BCUT2D eigenvalue weighted by molar-refractivity contribution is -0.275. The Kier molecular flexibility index (Phi) is 6.35. The van der Waals surface area contributed by atoms with E-state index >= 15 is 0 Å². The maximum atomic E-state index is 14.2. The molecule has 1 aromatic heterocycles. The average molecular weight is 520 g/mol. The third kappa shape index (κ3) is 4.55. The van der Waals surface area contributed by atoms with Crippen molar-refractivity contribution < 1.29 is 22.8 Å². The van der Waals surface area contributed by atoms with Crippen molar-refractivity contribution in [3.8, 4) is 0 Å². The minimum Gasteiger partial charge on any atom is -0.372 e. The molecular formula is C22H22Cl2F3N3O2S. The van der Waals surface area contributed by atoms with E-state index in [1.54, 1.807) is 11.0 Å². The number of halogens is 5. The fraction of sp³-hybridized carbons (Fsp3) is 0.455. The summed E-state index contributed by atoms with van der Waals surface area (Å²) in [6.45, 7) is 6.72. The lowest BCUT2D eigenvalue weighted by Gasteiger charge is -2.30. The zero-order valence-corrected chi connectivity index (χ0v) is 20.4. The Labute approximate surface area is 203 Å². The van der Waals surface area contributed by atoms with Crippen LogP contribution in [-0.2, 0) is 23.5 Å². The summed E-state index contributed by atoms with van der Waals surface area (Å²) < 4.78 is 42.6. The van der Waals surface area contributed by atoms with E-state index in [0.717, 1.165) is 10.4 Å². The van der Waals surface area contributed by atoms with Crippen LogP contribution in [0.2, 0.25) is 10.0 Å². The van der Waals surface area contributed by atoms with Gasteiger partial charge < -0.3 is 15.1 Å². The van der Waals surface area contributed by atoms with Crippen LogP contribution in [0.4, 0.5) is 13.2 Å². The topological polar surface area (TPSA) is 53.9 Å². The largest absolute Gasteiger partial charge is 0.435 e. The number of rotatable bonds is 4. The number of oxime groups is 1. The molecule has 0 saturated heterocycles. The number of amidine groups is 1. The van der Waals surface area contributed by atoms with Crippen LogP contribution in [0.1, 0.15) is 52.9 Å². The lowest BCUT2D eigenvalue weighted by atomic mass is 9.89. The number of hydrogen-bond donors (Lipinski definition) is 1. The first-order valence-electron chi connectivity index (χ1n) is 10.4. The van der Waals surface area contributed by atoms with Crippen molar-refractivity contribution in [3.63, 3.8) is 0 Å². The van der Waals surface area contributed by atoms with Crippen LogP contribution in [0.3, 0.4) is 0 Å². The van der Waals surface area contributed by atoms with E-state index < -0.39 is 18.2 Å². The van der Waals surface area contributed by atoms with Crippen LogP contribution in [0.5, 0.6) is 0 Å². The second-order valence-corrected chi connectivity index (χ2v) is 10.7. The van der Waals surface area contributed by atoms with Crippen LogP contribution in [0, 0.1) is 5.92 Å². The Morgan fingerprint density at radius 1 is 1.18 bits per heavy atom. The van der Waals surface area contributed by atoms with E-state index in [4.69, 9.17) is 28.0 Å². The third-order valence-electron chi connectivity index (χ3n) is 6.04. The standard InChI is InChI=1S/C22H22Cl2F3N3O2S/c1-11(2)12(3)28-20(31)17-4-13-9-30(10-18(13)33-17)19-8-21(32-29-19,22(25,26)27)14-5-15(23)7-16(24)6-14/h4-7,11-12H,8-10H2,1-3H3,(H,28,31). The van der Waals surface area contributed by atoms with E-state index in [9.17, 15) is 18.0 Å². The number of nitrogens with one attached hydrogen (secondary N) is 1. The van der Waals surface area contributed by atoms with Crippen molar-refractivity contribution in [1.29, 1.82) is 0 Å². The fourth-order valence-electron chi connectivity index (χ4n) is 3.75. The van der Waals surface area contributed by atoms with Gasteiger partial charge in [0.05, 0.1) is 17.8 Å². The quantitative estimate of drug-likeness (QED) is 0.512. The number of fused-ring (bicyclic) bond motifs is 1. The van der Waals surface area contributed by atoms with Crippen molar-refractivity contribution in [2.45, 2.75) is 58.1 Å². The first-order valence-corrected chi connectivity index (χ1v) is 11.9. The van der Waals surface area contributed by atoms with Gasteiger partial charge in [-0.1, -0.05) is 42.2 Å². The highest BCUT2D eigenvalue weighted by Gasteiger charge is 2.63. The third-order valence-corrected chi connectivity index (χ3v) is 7.64. The van der Waals surface area contributed by atoms with Gasteiger partial charge in [-0.05, 0) is 42.7 Å². The maximum absolute atomic E-state index is 14.2. The highest BCUT2D eigenvalue weighted by Crippen LogP contribution is 2.50. The SMILES string of the molecule is CC(C)C(C)NC(=O)c1cc2c(s1)CN(C1=NOC(c3cc(Cl)cc(Cl)c3)(C(F)(F)F)C1)C2. The molecule has 3 heterocycles. The van der Waals surface area contributed by atoms with Crippen molar-refractivity contribution in [1.82, 2.24) is 10.2 Å². The Balaban J connectivity index is 1.50. The number of amides is 1. The highest BCUT2D eigenvalue weighted by molar-refractivity contribution is 7.14. The molecule has 2 aromatic rings. The van der Waals surface area contributed by atoms with Gasteiger partial charge >= 0.3 is 6.18 Å². The molecule has 0 aliphatic carbocycles. The van der Waals surface area contributed by atoms with E-state index in [-0.39, 0.29) is 33.4 Å². The second kappa shape index (κ2) is 8.67. The number of carbonyl (C=O) groups excluding carboxylic acids is 1. The molecule has 1 aromatic carbocycles. The molecule has 4 rings (SSSR count). The molecule has 2 aliphatic heterocycles. The van der Waals surface area contributed by atoms with Crippen LogP contribution < -0.4 is 5.32 Å². The molecule has 1 N–H and O–H groups in total. The van der Waals surface area contributed by atoms with Crippen LogP contribution >= 0.6 is 34.5 Å². The summed E-state index contributed by atoms with van der Waals surface area (Å²) in [6.07, 6.45) is -5.24. The minimum absolute atomic E-state index is 0.0337. The van der Waals surface area contributed by atoms with E-state index in [0.29, 0.717) is 23.9 Å². The van der Waals surface area contributed by atoms with E-state index in [1.807, 2.05) is 20.8 Å². The molecule has 2 aliphatic rings. The molecular weight excluding hydrogens is 498 g/mol. The van der Waals surface area contributed by atoms with Crippen molar-refractivity contribution in [2.24, 2.45) is 11.1 Å². The van der Waals surface area contributed by atoms with Crippen LogP contribution in [0.15, 0.2) is 29.4 Å². The van der Waals surface area contributed by atoms with Gasteiger partial charge in [-0.3, -0.25) is 4.79 Å². The molecule has 0 bridgehead atoms. The van der Waals surface area contributed by atoms with Crippen LogP contribution in [0.25, 0.3) is 0 Å². The predicted molar refractivity (Wildman–Crippen MR) is 123 cm³/mol. The Hall–Kier alpha value is -1.97. The zero-order chi connectivity index (χ0) is 24.1. The Morgan fingerprint density at radius 2 is 1.85 bits per heavy atom. The average Bonchev–Trinajstić information content (AvgIpc) is 3.39. The summed E-state index contributed by atoms with van der Waals surface area (Å²) in [5.74, 6) is 0.351. The van der Waals surface area contributed by atoms with Crippen molar-refractivity contribution in [3.05, 3.63) is 55.2 Å². The number of alkyl halides is 3. The number of nitrogens with zero attached hydrogens (tertiary/aromatic N) is 2. The number of carbonyl (C=O) groups is 1. The number of benzene rings is 1. The molecule has 0 spiro atoms. The smallest absolute Gasteiger partial charge is 0.372 e. The molecule has 0 saturated carbocycles. The Bertz CT molecular complexity index is 1080. The first-order chi connectivity index (χ1) is 15.4. The summed E-state index contributed by atoms with van der Waals surface area (Å²) in [7, 11) is 0. The summed E-state index contributed by atoms with van der Waals surface area (Å²) in [5, 5.41) is 6.95. The van der Waals surface area contributed by atoms with Gasteiger partial charge in [0.1, 0.15) is 5.84 Å². The molecule has 0 radical (unpaired) electrons. The lowest BCUT2D eigenvalue weighted by Crippen LogP contribution is -2.43. The summed E-state index contributed by atoms with van der Waals surface area (Å²) in [5.41, 5.74) is -1.95. The second-order valence-electron chi connectivity index (χ2n) is 8.68. The van der Waals surface area contributed by atoms with Gasteiger partial charge in [0.25, 0.3) is 11.5 Å². The maximum Gasteiger partial charge on any atom is 0.435 e. The van der Waals surface area contributed by atoms with E-state index in [2.05, 4.69) is 10.5 Å². The van der Waals surface area contributed by atoms with Gasteiger partial charge in [0.15, 0.2) is 0 Å². The molecule has 0 fully saturated rings. The minimum atomic E-state index is -4.74. The Morgan fingerprint density at radius 3 is 2.42 bits per heavy atom. The summed E-state index contributed by atoms with van der Waals surface area (Å²) in [4.78, 5) is 20.8. The van der Waals surface area contributed by atoms with Crippen LogP contribution in [-0.4, -0.2) is 28.9 Å². The van der Waals surface area contributed by atoms with E-state index in [1.165, 1.54) is 29.5 Å². The molecule has 33 heavy (non-hydrogen) atoms. The summed E-state index contributed by atoms with van der Waals surface area (Å²) in [6, 6.07) is 5.59. The number of hydrogen-bond acceptors (Lipinski definition) is 5. The van der Waals surface area contributed by atoms with Gasteiger partial charge in [-0.15, -0.1) is 11.3 Å². The molecule has 178 valence electrons. The van der Waals surface area contributed by atoms with Gasteiger partial charge in [0.2, 0.25) is 0 Å². The monoisotopic (exact) mass is 519 g/mol. The molecule has 2 atom stereocenters. The van der Waals surface area contributed by atoms with Gasteiger partial charge in [-0.25, -0.2) is 0 Å². The van der Waals surface area contributed by atoms with Crippen molar-refractivity contribution in [2.75, 3.05) is 0 Å². The fourth-order valence-corrected chi connectivity index (χ4v) is 5.37. The number of thiophene rings is 1. The first kappa shape index (κ1) is 24.2. The zero-order valence-electron chi connectivity index (χ0n) is 18.1. The summed E-state index contributed by atoms with van der Waals surface area (Å²) >= 11 is 13.3. The normalized spacial score (nSPS) is 21.1.